The van der Waals surface area contributed by atoms with Crippen molar-refractivity contribution in [1.29, 1.82) is 0 Å². The number of nitrogens with one attached hydrogen (secondary N) is 1. The van der Waals surface area contributed by atoms with Gasteiger partial charge in [-0.05, 0) is 5.92 Å². The molecule has 0 spiro atoms. The van der Waals surface area contributed by atoms with Gasteiger partial charge in [0.15, 0.2) is 5.82 Å². The molecule has 0 aliphatic rings. The molecule has 0 atom stereocenters. The summed E-state index contributed by atoms with van der Waals surface area (Å²) in [6.07, 6.45) is 5.52. The maximum atomic E-state index is 5.57. The van der Waals surface area contributed by atoms with Crippen LogP contribution in [-0.2, 0) is 0 Å². The predicted molar refractivity (Wildman–Crippen MR) is 70.5 cm³/mol. The number of rotatable bonds is 6. The quantitative estimate of drug-likeness (QED) is 0.742. The van der Waals surface area contributed by atoms with Gasteiger partial charge in [-0.2, -0.15) is 0 Å². The van der Waals surface area contributed by atoms with Crippen molar-refractivity contribution in [3.8, 4) is 0 Å². The van der Waals surface area contributed by atoms with Gasteiger partial charge in [0.1, 0.15) is 10.7 Å². The SMILES string of the molecule is CCC(CC)CNc1nccnc1C(N)=S. The Hall–Kier alpha value is -1.23. The van der Waals surface area contributed by atoms with Crippen molar-refractivity contribution in [2.24, 2.45) is 11.7 Å². The Labute approximate surface area is 102 Å². The third-order valence-electron chi connectivity index (χ3n) is 2.64. The molecule has 0 saturated carbocycles. The van der Waals surface area contributed by atoms with Gasteiger partial charge in [-0.1, -0.05) is 38.9 Å². The highest BCUT2D eigenvalue weighted by atomic mass is 32.1. The first-order valence-electron chi connectivity index (χ1n) is 5.53. The monoisotopic (exact) mass is 238 g/mol. The van der Waals surface area contributed by atoms with E-state index in [0.717, 1.165) is 19.4 Å². The number of thiocarbonyl (C=S) groups is 1. The summed E-state index contributed by atoms with van der Waals surface area (Å²) in [4.78, 5) is 8.59. The summed E-state index contributed by atoms with van der Waals surface area (Å²) < 4.78 is 0. The minimum absolute atomic E-state index is 0.278. The maximum Gasteiger partial charge on any atom is 0.155 e. The molecule has 0 bridgehead atoms. The molecule has 0 aliphatic heterocycles. The molecule has 0 radical (unpaired) electrons. The van der Waals surface area contributed by atoms with Crippen LogP contribution in [0.1, 0.15) is 32.4 Å². The highest BCUT2D eigenvalue weighted by Crippen LogP contribution is 2.12. The maximum absolute atomic E-state index is 5.57. The Morgan fingerprint density at radius 3 is 2.56 bits per heavy atom. The first-order valence-corrected chi connectivity index (χ1v) is 5.94. The van der Waals surface area contributed by atoms with Crippen LogP contribution in [0.4, 0.5) is 5.82 Å². The van der Waals surface area contributed by atoms with Gasteiger partial charge in [0.2, 0.25) is 0 Å². The van der Waals surface area contributed by atoms with E-state index in [2.05, 4.69) is 29.1 Å². The van der Waals surface area contributed by atoms with Gasteiger partial charge in [-0.15, -0.1) is 0 Å². The van der Waals surface area contributed by atoms with Crippen molar-refractivity contribution >= 4 is 23.0 Å². The number of nitrogens with zero attached hydrogens (tertiary/aromatic N) is 2. The zero-order valence-corrected chi connectivity index (χ0v) is 10.5. The molecule has 0 aliphatic carbocycles. The molecular formula is C11H18N4S. The van der Waals surface area contributed by atoms with Crippen LogP contribution < -0.4 is 11.1 Å². The summed E-state index contributed by atoms with van der Waals surface area (Å²) in [5.41, 5.74) is 6.15. The van der Waals surface area contributed by atoms with E-state index in [-0.39, 0.29) is 4.99 Å². The second-order valence-electron chi connectivity index (χ2n) is 3.68. The first-order chi connectivity index (χ1) is 7.69. The summed E-state index contributed by atoms with van der Waals surface area (Å²) in [7, 11) is 0. The van der Waals surface area contributed by atoms with Gasteiger partial charge < -0.3 is 11.1 Å². The summed E-state index contributed by atoms with van der Waals surface area (Å²) in [5, 5.41) is 3.26. The molecule has 16 heavy (non-hydrogen) atoms. The molecule has 1 heterocycles. The van der Waals surface area contributed by atoms with Crippen LogP contribution >= 0.6 is 12.2 Å². The Bertz CT molecular complexity index is 350. The van der Waals surface area contributed by atoms with Crippen molar-refractivity contribution in [3.63, 3.8) is 0 Å². The lowest BCUT2D eigenvalue weighted by atomic mass is 10.0. The van der Waals surface area contributed by atoms with Crippen LogP contribution in [0.2, 0.25) is 0 Å². The lowest BCUT2D eigenvalue weighted by Crippen LogP contribution is -2.19. The third-order valence-corrected chi connectivity index (χ3v) is 2.84. The largest absolute Gasteiger partial charge is 0.388 e. The van der Waals surface area contributed by atoms with Gasteiger partial charge in [-0.25, -0.2) is 9.97 Å². The smallest absolute Gasteiger partial charge is 0.155 e. The van der Waals surface area contributed by atoms with Crippen LogP contribution in [0, 0.1) is 5.92 Å². The third kappa shape index (κ3) is 3.41. The number of hydrogen-bond acceptors (Lipinski definition) is 4. The molecule has 3 N–H and O–H groups in total. The Morgan fingerprint density at radius 1 is 1.38 bits per heavy atom. The van der Waals surface area contributed by atoms with E-state index in [1.54, 1.807) is 12.4 Å². The minimum Gasteiger partial charge on any atom is -0.388 e. The zero-order valence-electron chi connectivity index (χ0n) is 9.73. The molecule has 1 aromatic rings. The highest BCUT2D eigenvalue weighted by Gasteiger charge is 2.09. The van der Waals surface area contributed by atoms with Crippen LogP contribution in [0.25, 0.3) is 0 Å². The molecule has 4 nitrogen and oxygen atoms in total. The van der Waals surface area contributed by atoms with Gasteiger partial charge >= 0.3 is 0 Å². The fourth-order valence-electron chi connectivity index (χ4n) is 1.47. The number of aromatic nitrogens is 2. The Morgan fingerprint density at radius 2 is 2.00 bits per heavy atom. The van der Waals surface area contributed by atoms with Crippen LogP contribution in [0.3, 0.4) is 0 Å². The molecule has 0 aromatic carbocycles. The molecule has 88 valence electrons. The van der Waals surface area contributed by atoms with Crippen LogP contribution in [-0.4, -0.2) is 21.5 Å². The van der Waals surface area contributed by atoms with E-state index in [4.69, 9.17) is 18.0 Å². The number of hydrogen-bond donors (Lipinski definition) is 2. The van der Waals surface area contributed by atoms with E-state index < -0.39 is 0 Å². The fourth-order valence-corrected chi connectivity index (χ4v) is 1.62. The minimum atomic E-state index is 0.278. The number of anilines is 1. The summed E-state index contributed by atoms with van der Waals surface area (Å²) in [6, 6.07) is 0. The molecule has 0 unspecified atom stereocenters. The molecule has 1 aromatic heterocycles. The molecule has 0 saturated heterocycles. The summed E-state index contributed by atoms with van der Waals surface area (Å²) in [5.74, 6) is 1.32. The second-order valence-corrected chi connectivity index (χ2v) is 4.12. The predicted octanol–water partition coefficient (Wildman–Crippen LogP) is 1.96. The highest BCUT2D eigenvalue weighted by molar-refractivity contribution is 7.80. The molecule has 0 amide bonds. The molecule has 0 fully saturated rings. The number of nitrogens with two attached hydrogens (primary N) is 1. The summed E-state index contributed by atoms with van der Waals surface area (Å²) >= 11 is 4.92. The molecule has 1 rings (SSSR count). The second kappa shape index (κ2) is 6.37. The molecular weight excluding hydrogens is 220 g/mol. The summed E-state index contributed by atoms with van der Waals surface area (Å²) in [6.45, 7) is 5.24. The molecule has 5 heteroatoms. The topological polar surface area (TPSA) is 63.8 Å². The van der Waals surface area contributed by atoms with Gasteiger partial charge in [-0.3, -0.25) is 0 Å². The van der Waals surface area contributed by atoms with E-state index in [0.29, 0.717) is 17.4 Å². The lowest BCUT2D eigenvalue weighted by Gasteiger charge is -2.14. The van der Waals surface area contributed by atoms with Crippen molar-refractivity contribution in [2.45, 2.75) is 26.7 Å². The fraction of sp³-hybridized carbons (Fsp3) is 0.545. The van der Waals surface area contributed by atoms with Gasteiger partial charge in [0, 0.05) is 18.9 Å². The average Bonchev–Trinajstić information content (AvgIpc) is 2.30. The van der Waals surface area contributed by atoms with E-state index in [1.807, 2.05) is 0 Å². The van der Waals surface area contributed by atoms with Crippen molar-refractivity contribution in [1.82, 2.24) is 9.97 Å². The van der Waals surface area contributed by atoms with E-state index >= 15 is 0 Å². The van der Waals surface area contributed by atoms with Gasteiger partial charge in [0.25, 0.3) is 0 Å². The van der Waals surface area contributed by atoms with Gasteiger partial charge in [0.05, 0.1) is 0 Å². The normalized spacial score (nSPS) is 10.4. The van der Waals surface area contributed by atoms with Crippen molar-refractivity contribution in [2.75, 3.05) is 11.9 Å². The average molecular weight is 238 g/mol. The Balaban J connectivity index is 2.69. The zero-order chi connectivity index (χ0) is 12.0. The Kier molecular flexibility index (Phi) is 5.11. The standard InChI is InChI=1S/C11H18N4S/c1-3-8(4-2)7-15-11-9(10(12)16)13-5-6-14-11/h5-6,8H,3-4,7H2,1-2H3,(H2,12,16)(H,14,15). The van der Waals surface area contributed by atoms with Crippen molar-refractivity contribution < 1.29 is 0 Å². The van der Waals surface area contributed by atoms with Crippen LogP contribution in [0.5, 0.6) is 0 Å². The van der Waals surface area contributed by atoms with Crippen molar-refractivity contribution in [3.05, 3.63) is 18.1 Å². The first kappa shape index (κ1) is 12.8. The van der Waals surface area contributed by atoms with Crippen LogP contribution in [0.15, 0.2) is 12.4 Å². The van der Waals surface area contributed by atoms with E-state index in [9.17, 15) is 0 Å². The van der Waals surface area contributed by atoms with E-state index in [1.165, 1.54) is 0 Å². The lowest BCUT2D eigenvalue weighted by molar-refractivity contribution is 0.518.